The van der Waals surface area contributed by atoms with Crippen molar-refractivity contribution in [1.82, 2.24) is 0 Å². The minimum atomic E-state index is -4.45. The van der Waals surface area contributed by atoms with E-state index in [1.807, 2.05) is 26.8 Å². The number of aryl methyl sites for hydroxylation is 3. The summed E-state index contributed by atoms with van der Waals surface area (Å²) < 4.78 is 91.5. The molecule has 12 heteroatoms. The summed E-state index contributed by atoms with van der Waals surface area (Å²) in [6.45, 7) is 60.5. The van der Waals surface area contributed by atoms with E-state index in [0.29, 0.717) is 41.2 Å². The summed E-state index contributed by atoms with van der Waals surface area (Å²) in [6.07, 6.45) is -1.42. The van der Waals surface area contributed by atoms with Gasteiger partial charge in [-0.25, -0.2) is 0 Å². The Balaban J connectivity index is 0.000000596. The molecular weight excluding hydrogens is 1280 g/mol. The molecule has 6 rings (SSSR count). The zero-order valence-corrected chi connectivity index (χ0v) is 69.3. The van der Waals surface area contributed by atoms with Crippen molar-refractivity contribution < 1.29 is 44.7 Å². The molecule has 4 nitrogen and oxygen atoms in total. The maximum absolute atomic E-state index is 12.6. The number of esters is 1. The summed E-state index contributed by atoms with van der Waals surface area (Å²) in [5.74, 6) is 2.25. The van der Waals surface area contributed by atoms with Crippen LogP contribution in [0.15, 0.2) is 127 Å². The van der Waals surface area contributed by atoms with E-state index in [2.05, 4.69) is 235 Å². The topological polar surface area (TPSA) is 44.8 Å². The Labute approximate surface area is 602 Å². The lowest BCUT2D eigenvalue weighted by molar-refractivity contribution is -0.145. The Hall–Kier alpha value is -5.28. The molecule has 0 bridgehead atoms. The van der Waals surface area contributed by atoms with Crippen LogP contribution in [-0.2, 0) is 54.7 Å². The van der Waals surface area contributed by atoms with Gasteiger partial charge in [-0.15, -0.1) is 0 Å². The second-order valence-corrected chi connectivity index (χ2v) is 41.9. The molecule has 0 radical (unpaired) electrons. The van der Waals surface area contributed by atoms with E-state index in [1.54, 1.807) is 35.0 Å². The standard InChI is InChI=1S/C18H30.C15H26O2Si.C14H17F3O2.C14H24Si.C14H22.C12H15F3/c1-9-13(2)14-10-15(17(3,4)5)12-16(11-14)18(6,7)8;1-6-13(2)15-9-7-14(8-10-15)11-12-18(5,16-3)17-4;1-5-13(3,4)12(18)19-11-7-9(2)6-10(8-11)14(15,16)17;1-6-12(2)14-9-7-13(8-10-14)11-15(3,4)5;1-6-11(2)12-7-9-13(10-8-12)14(3,4)5;1-4-9(3)10-5-8(2)6-11(7-10)12(13,14)15/h10-13H,9H2,1-8H3;7-10,13H,6,11-12H2,1-5H3;6-8H,5H2,1-4H3;7-10,12H,6,11H2,1-5H3;7-11H,6H2,1-5H3;5-7,9H,4H2,1-3H3. The van der Waals surface area contributed by atoms with Gasteiger partial charge < -0.3 is 13.6 Å². The van der Waals surface area contributed by atoms with Gasteiger partial charge in [0.15, 0.2) is 0 Å². The van der Waals surface area contributed by atoms with Gasteiger partial charge in [0, 0.05) is 22.3 Å². The molecule has 556 valence electrons. The van der Waals surface area contributed by atoms with Crippen molar-refractivity contribution in [2.24, 2.45) is 5.41 Å². The maximum atomic E-state index is 12.6. The second-order valence-electron chi connectivity index (χ2n) is 32.8. The Morgan fingerprint density at radius 2 is 0.727 bits per heavy atom. The maximum Gasteiger partial charge on any atom is 0.416 e. The molecule has 0 saturated heterocycles. The van der Waals surface area contributed by atoms with Crippen molar-refractivity contribution in [2.45, 2.75) is 308 Å². The highest BCUT2D eigenvalue weighted by molar-refractivity contribution is 6.75. The predicted octanol–water partition coefficient (Wildman–Crippen LogP) is 27.9. The fourth-order valence-corrected chi connectivity index (χ4v) is 12.9. The number of alkyl halides is 6. The van der Waals surface area contributed by atoms with Gasteiger partial charge in [0.1, 0.15) is 5.75 Å². The van der Waals surface area contributed by atoms with Gasteiger partial charge in [-0.2, -0.15) is 26.3 Å². The molecule has 0 aliphatic heterocycles. The molecular formula is C87H134F6O4Si2. The molecule has 0 saturated carbocycles. The van der Waals surface area contributed by atoms with E-state index in [1.165, 1.54) is 107 Å². The normalized spacial score (nSPS) is 13.7. The first kappa shape index (κ1) is 91.7. The summed E-state index contributed by atoms with van der Waals surface area (Å²) >= 11 is 0. The van der Waals surface area contributed by atoms with Crippen LogP contribution in [0.3, 0.4) is 0 Å². The molecule has 0 aromatic heterocycles. The average Bonchev–Trinajstić information content (AvgIpc) is 0.809. The first-order chi connectivity index (χ1) is 45.4. The number of rotatable bonds is 20. The van der Waals surface area contributed by atoms with Crippen molar-refractivity contribution in [3.8, 4) is 5.75 Å². The van der Waals surface area contributed by atoms with E-state index in [4.69, 9.17) is 13.6 Å². The Kier molecular flexibility index (Phi) is 37.6. The van der Waals surface area contributed by atoms with Crippen LogP contribution in [0.2, 0.25) is 32.2 Å². The molecule has 0 heterocycles. The van der Waals surface area contributed by atoms with Gasteiger partial charge in [-0.05, 0) is 223 Å². The zero-order chi connectivity index (χ0) is 76.5. The van der Waals surface area contributed by atoms with Crippen molar-refractivity contribution in [3.05, 3.63) is 205 Å². The monoisotopic (exact) mass is 1410 g/mol. The van der Waals surface area contributed by atoms with Crippen LogP contribution in [0.5, 0.6) is 5.75 Å². The Morgan fingerprint density at radius 3 is 1.06 bits per heavy atom. The lowest BCUT2D eigenvalue weighted by Gasteiger charge is -2.27. The molecule has 0 spiro atoms. The number of halogens is 6. The highest BCUT2D eigenvalue weighted by atomic mass is 28.4. The van der Waals surface area contributed by atoms with Crippen LogP contribution in [-0.4, -0.2) is 36.8 Å². The number of carbonyl (C=O) groups is 1. The fraction of sp³-hybridized carbons (Fsp3) is 0.575. The Morgan fingerprint density at radius 1 is 0.404 bits per heavy atom. The minimum absolute atomic E-state index is 0.0705. The third-order valence-electron chi connectivity index (χ3n) is 19.2. The Bertz CT molecular complexity index is 3250. The molecule has 0 fully saturated rings. The first-order valence-corrected chi connectivity index (χ1v) is 42.7. The van der Waals surface area contributed by atoms with Crippen molar-refractivity contribution in [1.29, 1.82) is 0 Å². The molecule has 99 heavy (non-hydrogen) atoms. The van der Waals surface area contributed by atoms with E-state index in [9.17, 15) is 31.1 Å². The molecule has 0 N–H and O–H groups in total. The molecule has 6 aromatic rings. The van der Waals surface area contributed by atoms with Crippen LogP contribution in [0.4, 0.5) is 26.3 Å². The zero-order valence-electron chi connectivity index (χ0n) is 67.3. The highest BCUT2D eigenvalue weighted by Gasteiger charge is 2.34. The summed E-state index contributed by atoms with van der Waals surface area (Å²) in [5, 5.41) is 0. The fourth-order valence-electron chi connectivity index (χ4n) is 10.2. The number of hydrogen-bond acceptors (Lipinski definition) is 4. The van der Waals surface area contributed by atoms with Gasteiger partial charge in [0.05, 0.1) is 16.5 Å². The van der Waals surface area contributed by atoms with Crippen LogP contribution in [0, 0.1) is 19.3 Å². The molecule has 0 amide bonds. The summed E-state index contributed by atoms with van der Waals surface area (Å²) in [6, 6.07) is 44.4. The third-order valence-corrected chi connectivity index (χ3v) is 23.6. The van der Waals surface area contributed by atoms with Crippen molar-refractivity contribution in [3.63, 3.8) is 0 Å². The number of hydrogen-bond donors (Lipinski definition) is 0. The van der Waals surface area contributed by atoms with Gasteiger partial charge in [0.25, 0.3) is 0 Å². The second kappa shape index (κ2) is 40.5. The molecule has 5 atom stereocenters. The van der Waals surface area contributed by atoms with Gasteiger partial charge in [-0.3, -0.25) is 4.79 Å². The summed E-state index contributed by atoms with van der Waals surface area (Å²) in [7, 11) is 0.630. The lowest BCUT2D eigenvalue weighted by Crippen LogP contribution is -2.36. The third kappa shape index (κ3) is 33.6. The van der Waals surface area contributed by atoms with E-state index < -0.39 is 51.5 Å². The lowest BCUT2D eigenvalue weighted by atomic mass is 9.78. The number of carbonyl (C=O) groups excluding carboxylic acids is 1. The van der Waals surface area contributed by atoms with Gasteiger partial charge >= 0.3 is 26.9 Å². The van der Waals surface area contributed by atoms with E-state index in [0.717, 1.165) is 36.6 Å². The molecule has 5 unspecified atom stereocenters. The quantitative estimate of drug-likeness (QED) is 0.0331. The first-order valence-electron chi connectivity index (χ1n) is 36.5. The number of benzene rings is 6. The van der Waals surface area contributed by atoms with Crippen LogP contribution >= 0.6 is 0 Å². The summed E-state index contributed by atoms with van der Waals surface area (Å²) in [5.41, 5.74) is 13.6. The minimum Gasteiger partial charge on any atom is -0.426 e. The van der Waals surface area contributed by atoms with Crippen molar-refractivity contribution >= 4 is 22.6 Å². The van der Waals surface area contributed by atoms with E-state index >= 15 is 0 Å². The predicted molar refractivity (Wildman–Crippen MR) is 419 cm³/mol. The van der Waals surface area contributed by atoms with E-state index in [-0.39, 0.29) is 27.9 Å². The van der Waals surface area contributed by atoms with Crippen molar-refractivity contribution in [2.75, 3.05) is 14.2 Å². The summed E-state index contributed by atoms with van der Waals surface area (Å²) in [4.78, 5) is 11.8. The average molecular weight is 1410 g/mol. The van der Waals surface area contributed by atoms with Gasteiger partial charge in [0.2, 0.25) is 0 Å². The SMILES string of the molecule is CCC(C)(C)C(=O)Oc1cc(C)cc(C(F)(F)F)c1.CCC(C)c1cc(C(C)(C)C)cc(C(C)(C)C)c1.CCC(C)c1cc(C)cc(C(F)(F)F)c1.CCC(C)c1ccc(C(C)(C)C)cc1.CCC(C)c1ccc(CC[Si](C)(OC)OC)cc1.CCC(C)c1ccc(C[Si](C)(C)C)cc1. The van der Waals surface area contributed by atoms with Crippen LogP contribution < -0.4 is 4.74 Å². The molecule has 0 aliphatic rings. The largest absolute Gasteiger partial charge is 0.426 e. The molecule has 0 aliphatic carbocycles. The molecule has 6 aromatic carbocycles. The van der Waals surface area contributed by atoms with Gasteiger partial charge in [-0.1, -0.05) is 266 Å². The van der Waals surface area contributed by atoms with Crippen LogP contribution in [0.1, 0.15) is 298 Å². The highest BCUT2D eigenvalue weighted by Crippen LogP contribution is 2.37. The number of ether oxygens (including phenoxy) is 1. The van der Waals surface area contributed by atoms with Crippen LogP contribution in [0.25, 0.3) is 0 Å². The smallest absolute Gasteiger partial charge is 0.416 e.